The molecule has 1 atom stereocenters. The van der Waals surface area contributed by atoms with Crippen LogP contribution in [-0.2, 0) is 12.7 Å². The number of nitrogens with one attached hydrogen (secondary N) is 1. The van der Waals surface area contributed by atoms with Gasteiger partial charge in [-0.25, -0.2) is 0 Å². The van der Waals surface area contributed by atoms with Crippen LogP contribution in [0.5, 0.6) is 0 Å². The normalized spacial score (nSPS) is 13.5. The van der Waals surface area contributed by atoms with E-state index < -0.39 is 17.8 Å². The van der Waals surface area contributed by atoms with E-state index in [0.717, 1.165) is 17.1 Å². The minimum atomic E-state index is -4.39. The lowest BCUT2D eigenvalue weighted by molar-refractivity contribution is -0.137. The van der Waals surface area contributed by atoms with Crippen LogP contribution >= 0.6 is 0 Å². The Bertz CT molecular complexity index is 363. The zero-order valence-corrected chi connectivity index (χ0v) is 7.91. The van der Waals surface area contributed by atoms with Crippen LogP contribution in [0.1, 0.15) is 5.56 Å². The number of nitriles is 1. The number of alkyl halides is 3. The number of halogens is 3. The van der Waals surface area contributed by atoms with Crippen molar-refractivity contribution in [2.24, 2.45) is 0 Å². The number of hydrogen-bond donors (Lipinski definition) is 1. The van der Waals surface area contributed by atoms with E-state index in [4.69, 9.17) is 5.26 Å². The molecule has 1 aromatic rings. The van der Waals surface area contributed by atoms with Gasteiger partial charge in [-0.05, 0) is 7.05 Å². The number of rotatable bonds is 3. The van der Waals surface area contributed by atoms with Crippen molar-refractivity contribution in [1.29, 1.82) is 5.26 Å². The smallest absolute Gasteiger partial charge is 0.303 e. The third-order valence-electron chi connectivity index (χ3n) is 1.83. The lowest BCUT2D eigenvalue weighted by atomic mass is 10.3. The van der Waals surface area contributed by atoms with E-state index in [-0.39, 0.29) is 6.54 Å². The molecule has 1 heterocycles. The second-order valence-electron chi connectivity index (χ2n) is 2.92. The molecule has 0 bridgehead atoms. The molecule has 0 aliphatic rings. The molecule has 0 saturated heterocycles. The van der Waals surface area contributed by atoms with E-state index in [1.807, 2.05) is 6.07 Å². The maximum Gasteiger partial charge on any atom is 0.419 e. The Morgan fingerprint density at radius 2 is 2.33 bits per heavy atom. The largest absolute Gasteiger partial charge is 0.419 e. The fourth-order valence-electron chi connectivity index (χ4n) is 0.994. The van der Waals surface area contributed by atoms with Crippen molar-refractivity contribution in [2.45, 2.75) is 18.8 Å². The number of aromatic nitrogens is 2. The Hall–Kier alpha value is -1.55. The van der Waals surface area contributed by atoms with Gasteiger partial charge in [0.2, 0.25) is 0 Å². The molecular formula is C8H9F3N4. The topological polar surface area (TPSA) is 53.6 Å². The quantitative estimate of drug-likeness (QED) is 0.823. The highest BCUT2D eigenvalue weighted by Crippen LogP contribution is 2.28. The molecule has 0 spiro atoms. The Morgan fingerprint density at radius 3 is 2.73 bits per heavy atom. The van der Waals surface area contributed by atoms with Crippen LogP contribution in [0.4, 0.5) is 13.2 Å². The first kappa shape index (κ1) is 11.5. The van der Waals surface area contributed by atoms with E-state index in [1.165, 1.54) is 0 Å². The maximum absolute atomic E-state index is 12.2. The maximum atomic E-state index is 12.2. The van der Waals surface area contributed by atoms with Gasteiger partial charge >= 0.3 is 6.18 Å². The standard InChI is InChI=1S/C8H9F3N4/c1-13-7(2-12)5-15-4-6(3-14-15)8(9,10)11/h3-4,7,13H,5H2,1H3. The Morgan fingerprint density at radius 1 is 1.67 bits per heavy atom. The average Bonchev–Trinajstić information content (AvgIpc) is 2.61. The molecule has 0 saturated carbocycles. The number of nitrogens with zero attached hydrogens (tertiary/aromatic N) is 3. The molecule has 1 N–H and O–H groups in total. The minimum Gasteiger partial charge on any atom is -0.303 e. The molecule has 4 nitrogen and oxygen atoms in total. The van der Waals surface area contributed by atoms with Gasteiger partial charge in [0.1, 0.15) is 6.04 Å². The van der Waals surface area contributed by atoms with Gasteiger partial charge in [-0.2, -0.15) is 23.5 Å². The predicted octanol–water partition coefficient (Wildman–Crippen LogP) is 1.01. The molecule has 0 aromatic carbocycles. The van der Waals surface area contributed by atoms with Crippen LogP contribution in [-0.4, -0.2) is 22.9 Å². The van der Waals surface area contributed by atoms with E-state index in [1.54, 1.807) is 7.05 Å². The van der Waals surface area contributed by atoms with Crippen LogP contribution in [0.2, 0.25) is 0 Å². The van der Waals surface area contributed by atoms with Gasteiger partial charge in [0.05, 0.1) is 24.4 Å². The summed E-state index contributed by atoms with van der Waals surface area (Å²) in [6.07, 6.45) is -2.77. The average molecular weight is 218 g/mol. The SMILES string of the molecule is CNC(C#N)Cn1cc(C(F)(F)F)cn1. The molecule has 82 valence electrons. The molecule has 0 amide bonds. The van der Waals surface area contributed by atoms with Crippen molar-refractivity contribution in [3.05, 3.63) is 18.0 Å². The fourth-order valence-corrected chi connectivity index (χ4v) is 0.994. The third kappa shape index (κ3) is 2.95. The molecule has 0 aliphatic heterocycles. The van der Waals surface area contributed by atoms with E-state index in [0.29, 0.717) is 0 Å². The summed E-state index contributed by atoms with van der Waals surface area (Å²) in [5.41, 5.74) is -0.810. The van der Waals surface area contributed by atoms with Crippen LogP contribution in [0, 0.1) is 11.3 Å². The first-order chi connectivity index (χ1) is 6.97. The summed E-state index contributed by atoms with van der Waals surface area (Å²) in [7, 11) is 1.56. The molecule has 1 rings (SSSR count). The summed E-state index contributed by atoms with van der Waals surface area (Å²) >= 11 is 0. The van der Waals surface area contributed by atoms with Crippen molar-refractivity contribution in [1.82, 2.24) is 15.1 Å². The van der Waals surface area contributed by atoms with Crippen molar-refractivity contribution in [3.63, 3.8) is 0 Å². The highest BCUT2D eigenvalue weighted by molar-refractivity contribution is 5.08. The van der Waals surface area contributed by atoms with Crippen LogP contribution in [0.25, 0.3) is 0 Å². The molecule has 1 aromatic heterocycles. The minimum absolute atomic E-state index is 0.0864. The highest BCUT2D eigenvalue weighted by Gasteiger charge is 2.32. The summed E-state index contributed by atoms with van der Waals surface area (Å²) in [6, 6.07) is 1.34. The molecule has 7 heteroatoms. The van der Waals surface area contributed by atoms with E-state index in [9.17, 15) is 13.2 Å². The monoisotopic (exact) mass is 218 g/mol. The van der Waals surface area contributed by atoms with Gasteiger partial charge < -0.3 is 5.32 Å². The van der Waals surface area contributed by atoms with Crippen molar-refractivity contribution in [2.75, 3.05) is 7.05 Å². The van der Waals surface area contributed by atoms with Crippen molar-refractivity contribution >= 4 is 0 Å². The van der Waals surface area contributed by atoms with Crippen molar-refractivity contribution in [3.8, 4) is 6.07 Å². The molecule has 0 fully saturated rings. The number of hydrogen-bond acceptors (Lipinski definition) is 3. The highest BCUT2D eigenvalue weighted by atomic mass is 19.4. The second-order valence-corrected chi connectivity index (χ2v) is 2.92. The lowest BCUT2D eigenvalue weighted by Crippen LogP contribution is -2.28. The van der Waals surface area contributed by atoms with Gasteiger partial charge in [-0.15, -0.1) is 0 Å². The van der Waals surface area contributed by atoms with Crippen LogP contribution in [0.15, 0.2) is 12.4 Å². The number of likely N-dealkylation sites (N-methyl/N-ethyl adjacent to an activating group) is 1. The molecule has 15 heavy (non-hydrogen) atoms. The Kier molecular flexibility index (Phi) is 3.31. The predicted molar refractivity (Wildman–Crippen MR) is 45.7 cm³/mol. The van der Waals surface area contributed by atoms with Crippen LogP contribution in [0.3, 0.4) is 0 Å². The summed E-state index contributed by atoms with van der Waals surface area (Å²) in [5, 5.41) is 14.7. The fraction of sp³-hybridized carbons (Fsp3) is 0.500. The zero-order chi connectivity index (χ0) is 11.5. The van der Waals surface area contributed by atoms with Gasteiger partial charge in [-0.3, -0.25) is 4.68 Å². The zero-order valence-electron chi connectivity index (χ0n) is 7.91. The first-order valence-electron chi connectivity index (χ1n) is 4.14. The summed E-state index contributed by atoms with van der Waals surface area (Å²) in [5.74, 6) is 0. The summed E-state index contributed by atoms with van der Waals surface area (Å²) < 4.78 is 37.6. The molecule has 0 aliphatic carbocycles. The Balaban J connectivity index is 2.74. The Labute approximate surface area is 84.3 Å². The molecular weight excluding hydrogens is 209 g/mol. The van der Waals surface area contributed by atoms with Crippen LogP contribution < -0.4 is 5.32 Å². The summed E-state index contributed by atoms with van der Waals surface area (Å²) in [4.78, 5) is 0. The van der Waals surface area contributed by atoms with E-state index >= 15 is 0 Å². The molecule has 0 radical (unpaired) electrons. The third-order valence-corrected chi connectivity index (χ3v) is 1.83. The van der Waals surface area contributed by atoms with Gasteiger partial charge in [0.15, 0.2) is 0 Å². The summed E-state index contributed by atoms with van der Waals surface area (Å²) in [6.45, 7) is 0.0864. The lowest BCUT2D eigenvalue weighted by Gasteiger charge is -2.06. The molecule has 1 unspecified atom stereocenters. The second kappa shape index (κ2) is 4.31. The van der Waals surface area contributed by atoms with Gasteiger partial charge in [0, 0.05) is 6.20 Å². The van der Waals surface area contributed by atoms with Gasteiger partial charge in [0.25, 0.3) is 0 Å². The van der Waals surface area contributed by atoms with Gasteiger partial charge in [-0.1, -0.05) is 0 Å². The van der Waals surface area contributed by atoms with E-state index in [2.05, 4.69) is 10.4 Å². The van der Waals surface area contributed by atoms with Crippen molar-refractivity contribution < 1.29 is 13.2 Å². The first-order valence-corrected chi connectivity index (χ1v) is 4.14.